The van der Waals surface area contributed by atoms with E-state index >= 15 is 0 Å². The van der Waals surface area contributed by atoms with E-state index in [9.17, 15) is 4.79 Å². The highest BCUT2D eigenvalue weighted by atomic mass is 16.5. The maximum atomic E-state index is 12.6. The molecule has 3 aromatic rings. The van der Waals surface area contributed by atoms with Crippen LogP contribution in [0.25, 0.3) is 11.3 Å². The fourth-order valence-electron chi connectivity index (χ4n) is 4.53. The number of para-hydroxylation sites is 1. The number of amides is 1. The quantitative estimate of drug-likeness (QED) is 0.545. The first kappa shape index (κ1) is 21.2. The largest absolute Gasteiger partial charge is 0.496 e. The first-order chi connectivity index (χ1) is 15.1. The number of carbonyl (C=O) groups excluding carboxylic acids is 1. The van der Waals surface area contributed by atoms with Crippen LogP contribution in [-0.2, 0) is 16.6 Å². The van der Waals surface area contributed by atoms with Gasteiger partial charge in [0, 0.05) is 35.9 Å². The molecule has 1 aliphatic carbocycles. The SMILES string of the molecule is COc1ccccc1C1(CNC(=O)CCc2ncc(-c3ccc(C)cc3)o2)CCCC1. The fourth-order valence-corrected chi connectivity index (χ4v) is 4.53. The lowest BCUT2D eigenvalue weighted by molar-refractivity contribution is -0.121. The molecule has 5 heteroatoms. The number of nitrogens with zero attached hydrogens (tertiary/aromatic N) is 1. The van der Waals surface area contributed by atoms with Crippen LogP contribution >= 0.6 is 0 Å². The van der Waals surface area contributed by atoms with Crippen LogP contribution in [0.15, 0.2) is 59.1 Å². The summed E-state index contributed by atoms with van der Waals surface area (Å²) in [7, 11) is 1.71. The van der Waals surface area contributed by atoms with Crippen molar-refractivity contribution in [1.82, 2.24) is 10.3 Å². The van der Waals surface area contributed by atoms with Crippen LogP contribution in [0.2, 0.25) is 0 Å². The Morgan fingerprint density at radius 1 is 1.13 bits per heavy atom. The summed E-state index contributed by atoms with van der Waals surface area (Å²) >= 11 is 0. The lowest BCUT2D eigenvalue weighted by Gasteiger charge is -2.31. The maximum absolute atomic E-state index is 12.6. The Labute approximate surface area is 183 Å². The Morgan fingerprint density at radius 3 is 2.61 bits per heavy atom. The van der Waals surface area contributed by atoms with E-state index in [4.69, 9.17) is 9.15 Å². The molecular formula is C26H30N2O3. The molecule has 1 saturated carbocycles. The number of hydrogen-bond acceptors (Lipinski definition) is 4. The molecule has 1 amide bonds. The summed E-state index contributed by atoms with van der Waals surface area (Å²) in [6.07, 6.45) is 7.04. The van der Waals surface area contributed by atoms with E-state index in [2.05, 4.69) is 23.3 Å². The van der Waals surface area contributed by atoms with Crippen LogP contribution in [0.5, 0.6) is 5.75 Å². The second kappa shape index (κ2) is 9.38. The van der Waals surface area contributed by atoms with Gasteiger partial charge in [0.2, 0.25) is 5.91 Å². The zero-order chi connectivity index (χ0) is 21.7. The predicted octanol–water partition coefficient (Wildman–Crippen LogP) is 5.22. The van der Waals surface area contributed by atoms with E-state index in [0.717, 1.165) is 29.9 Å². The van der Waals surface area contributed by atoms with Crippen molar-refractivity contribution in [2.45, 2.75) is 50.9 Å². The van der Waals surface area contributed by atoms with E-state index in [1.807, 2.05) is 42.5 Å². The van der Waals surface area contributed by atoms with Gasteiger partial charge in [0.05, 0.1) is 13.3 Å². The molecule has 2 aromatic carbocycles. The summed E-state index contributed by atoms with van der Waals surface area (Å²) in [4.78, 5) is 16.9. The molecule has 0 unspecified atom stereocenters. The molecule has 1 aliphatic rings. The number of hydrogen-bond donors (Lipinski definition) is 1. The minimum absolute atomic E-state index is 0.0243. The number of oxazole rings is 1. The van der Waals surface area contributed by atoms with Crippen molar-refractivity contribution in [2.24, 2.45) is 0 Å². The molecule has 31 heavy (non-hydrogen) atoms. The second-order valence-corrected chi connectivity index (χ2v) is 8.45. The van der Waals surface area contributed by atoms with Gasteiger partial charge in [-0.25, -0.2) is 4.98 Å². The lowest BCUT2D eigenvalue weighted by Crippen LogP contribution is -2.39. The minimum Gasteiger partial charge on any atom is -0.496 e. The van der Waals surface area contributed by atoms with Gasteiger partial charge in [-0.2, -0.15) is 0 Å². The van der Waals surface area contributed by atoms with Gasteiger partial charge in [-0.1, -0.05) is 60.9 Å². The Morgan fingerprint density at radius 2 is 1.87 bits per heavy atom. The molecule has 0 atom stereocenters. The Hall–Kier alpha value is -3.08. The van der Waals surface area contributed by atoms with Crippen LogP contribution in [0.4, 0.5) is 0 Å². The first-order valence-corrected chi connectivity index (χ1v) is 11.0. The van der Waals surface area contributed by atoms with Crippen LogP contribution < -0.4 is 10.1 Å². The van der Waals surface area contributed by atoms with Gasteiger partial charge < -0.3 is 14.5 Å². The van der Waals surface area contributed by atoms with Crippen molar-refractivity contribution in [2.75, 3.05) is 13.7 Å². The molecule has 0 radical (unpaired) electrons. The third-order valence-corrected chi connectivity index (χ3v) is 6.32. The molecule has 1 N–H and O–H groups in total. The monoisotopic (exact) mass is 418 g/mol. The number of aromatic nitrogens is 1. The average molecular weight is 419 g/mol. The number of rotatable bonds is 8. The Kier molecular flexibility index (Phi) is 6.40. The average Bonchev–Trinajstić information content (AvgIpc) is 3.47. The summed E-state index contributed by atoms with van der Waals surface area (Å²) in [6.45, 7) is 2.68. The minimum atomic E-state index is -0.0518. The molecule has 0 saturated heterocycles. The summed E-state index contributed by atoms with van der Waals surface area (Å²) < 4.78 is 11.5. The molecule has 162 valence electrons. The van der Waals surface area contributed by atoms with Gasteiger partial charge in [-0.3, -0.25) is 4.79 Å². The van der Waals surface area contributed by atoms with Gasteiger partial charge >= 0.3 is 0 Å². The topological polar surface area (TPSA) is 64.4 Å². The molecule has 0 aliphatic heterocycles. The predicted molar refractivity (Wildman–Crippen MR) is 121 cm³/mol. The smallest absolute Gasteiger partial charge is 0.220 e. The van der Waals surface area contributed by atoms with Crippen LogP contribution in [0, 0.1) is 6.92 Å². The number of benzene rings is 2. The maximum Gasteiger partial charge on any atom is 0.220 e. The van der Waals surface area contributed by atoms with Gasteiger partial charge in [0.15, 0.2) is 11.7 Å². The van der Waals surface area contributed by atoms with Crippen molar-refractivity contribution < 1.29 is 13.9 Å². The molecule has 1 aromatic heterocycles. The molecular weight excluding hydrogens is 388 g/mol. The van der Waals surface area contributed by atoms with E-state index < -0.39 is 0 Å². The van der Waals surface area contributed by atoms with Crippen molar-refractivity contribution in [3.05, 3.63) is 71.7 Å². The van der Waals surface area contributed by atoms with Crippen molar-refractivity contribution in [3.63, 3.8) is 0 Å². The van der Waals surface area contributed by atoms with E-state index in [0.29, 0.717) is 25.3 Å². The number of nitrogens with one attached hydrogen (secondary N) is 1. The highest BCUT2D eigenvalue weighted by molar-refractivity contribution is 5.76. The van der Waals surface area contributed by atoms with E-state index in [1.54, 1.807) is 13.3 Å². The van der Waals surface area contributed by atoms with E-state index in [1.165, 1.54) is 24.0 Å². The van der Waals surface area contributed by atoms with Crippen molar-refractivity contribution in [3.8, 4) is 17.1 Å². The van der Waals surface area contributed by atoms with Crippen molar-refractivity contribution >= 4 is 5.91 Å². The van der Waals surface area contributed by atoms with Crippen molar-refractivity contribution in [1.29, 1.82) is 0 Å². The zero-order valence-corrected chi connectivity index (χ0v) is 18.3. The highest BCUT2D eigenvalue weighted by Gasteiger charge is 2.37. The summed E-state index contributed by atoms with van der Waals surface area (Å²) in [5, 5.41) is 3.17. The second-order valence-electron chi connectivity index (χ2n) is 8.45. The van der Waals surface area contributed by atoms with Crippen LogP contribution in [-0.4, -0.2) is 24.5 Å². The molecule has 4 rings (SSSR count). The third-order valence-electron chi connectivity index (χ3n) is 6.32. The number of methoxy groups -OCH3 is 1. The highest BCUT2D eigenvalue weighted by Crippen LogP contribution is 2.44. The summed E-state index contributed by atoms with van der Waals surface area (Å²) in [5.41, 5.74) is 3.34. The number of aryl methyl sites for hydroxylation is 2. The number of carbonyl (C=O) groups is 1. The molecule has 1 fully saturated rings. The van der Waals surface area contributed by atoms with E-state index in [-0.39, 0.29) is 11.3 Å². The van der Waals surface area contributed by atoms with Crippen LogP contribution in [0.3, 0.4) is 0 Å². The van der Waals surface area contributed by atoms with Crippen LogP contribution in [0.1, 0.15) is 49.1 Å². The van der Waals surface area contributed by atoms with Gasteiger partial charge in [-0.05, 0) is 25.8 Å². The summed E-state index contributed by atoms with van der Waals surface area (Å²) in [6, 6.07) is 16.3. The first-order valence-electron chi connectivity index (χ1n) is 11.0. The Bertz CT molecular complexity index is 1020. The van der Waals surface area contributed by atoms with Gasteiger partial charge in [0.25, 0.3) is 0 Å². The molecule has 1 heterocycles. The normalized spacial score (nSPS) is 15.0. The molecule has 0 spiro atoms. The fraction of sp³-hybridized carbons (Fsp3) is 0.385. The molecule has 5 nitrogen and oxygen atoms in total. The van der Waals surface area contributed by atoms with Gasteiger partial charge in [-0.15, -0.1) is 0 Å². The summed E-state index contributed by atoms with van der Waals surface area (Å²) in [5.74, 6) is 2.25. The third kappa shape index (κ3) is 4.82. The zero-order valence-electron chi connectivity index (χ0n) is 18.3. The molecule has 0 bridgehead atoms. The standard InChI is InChI=1S/C26H30N2O3/c1-19-9-11-20(12-10-19)23-17-27-25(31-23)14-13-24(29)28-18-26(15-5-6-16-26)21-7-3-4-8-22(21)30-2/h3-4,7-12,17H,5-6,13-16,18H2,1-2H3,(H,28,29). The van der Waals surface area contributed by atoms with Gasteiger partial charge in [0.1, 0.15) is 5.75 Å². The Balaban J connectivity index is 1.35. The number of ether oxygens (including phenoxy) is 1. The lowest BCUT2D eigenvalue weighted by atomic mass is 9.78.